The molecule has 3 rings (SSSR count). The van der Waals surface area contributed by atoms with Crippen molar-refractivity contribution in [2.75, 3.05) is 39.0 Å². The summed E-state index contributed by atoms with van der Waals surface area (Å²) in [5.41, 5.74) is 1.45. The van der Waals surface area contributed by atoms with E-state index in [2.05, 4.69) is 47.2 Å². The van der Waals surface area contributed by atoms with Crippen LogP contribution in [-0.2, 0) is 5.41 Å². The first kappa shape index (κ1) is 20.9. The van der Waals surface area contributed by atoms with Crippen LogP contribution < -0.4 is 0 Å². The molecule has 0 aliphatic carbocycles. The molecule has 1 fully saturated rings. The highest BCUT2D eigenvalue weighted by atomic mass is 32.2. The smallest absolute Gasteiger partial charge is 0.136 e. The summed E-state index contributed by atoms with van der Waals surface area (Å²) in [6.07, 6.45) is 1.88. The molecule has 0 unspecified atom stereocenters. The van der Waals surface area contributed by atoms with Crippen LogP contribution in [0.3, 0.4) is 0 Å². The number of thiocarbonyl (C=S) groups is 1. The third-order valence-corrected chi connectivity index (χ3v) is 6.93. The zero-order chi connectivity index (χ0) is 19.8. The predicted octanol–water partition coefficient (Wildman–Crippen LogP) is 4.54. The first-order chi connectivity index (χ1) is 13.7. The van der Waals surface area contributed by atoms with Crippen molar-refractivity contribution in [3.05, 3.63) is 71.8 Å². The van der Waals surface area contributed by atoms with Crippen LogP contribution in [0.1, 0.15) is 24.0 Å². The Bertz CT molecular complexity index is 762. The van der Waals surface area contributed by atoms with Gasteiger partial charge < -0.3 is 9.80 Å². The quantitative estimate of drug-likeness (QED) is 0.677. The van der Waals surface area contributed by atoms with Crippen molar-refractivity contribution in [1.29, 1.82) is 5.26 Å². The van der Waals surface area contributed by atoms with Gasteiger partial charge in [0.2, 0.25) is 0 Å². The van der Waals surface area contributed by atoms with E-state index in [1.165, 1.54) is 0 Å². The van der Waals surface area contributed by atoms with Crippen LogP contribution in [0.5, 0.6) is 0 Å². The Morgan fingerprint density at radius 2 is 1.61 bits per heavy atom. The van der Waals surface area contributed by atoms with E-state index < -0.39 is 5.41 Å². The lowest BCUT2D eigenvalue weighted by molar-refractivity contribution is 0.348. The number of hydrogen-bond acceptors (Lipinski definition) is 4. The number of likely N-dealkylation sites (N-methyl/N-ethyl adjacent to an activating group) is 1. The summed E-state index contributed by atoms with van der Waals surface area (Å²) in [7, 11) is 2.17. The van der Waals surface area contributed by atoms with Gasteiger partial charge in [0.15, 0.2) is 0 Å². The highest BCUT2D eigenvalue weighted by molar-refractivity contribution is 8.22. The molecule has 28 heavy (non-hydrogen) atoms. The Morgan fingerprint density at radius 1 is 1.00 bits per heavy atom. The van der Waals surface area contributed by atoms with Crippen LogP contribution in [0.15, 0.2) is 60.7 Å². The summed E-state index contributed by atoms with van der Waals surface area (Å²) in [6.45, 7) is 4.19. The molecular formula is C23H27N3S2. The second-order valence-electron chi connectivity index (χ2n) is 7.26. The molecule has 0 N–H and O–H groups in total. The largest absolute Gasteiger partial charge is 0.356 e. The molecule has 3 nitrogen and oxygen atoms in total. The third kappa shape index (κ3) is 4.94. The second kappa shape index (κ2) is 10.1. The van der Waals surface area contributed by atoms with Crippen LogP contribution in [0.25, 0.3) is 0 Å². The van der Waals surface area contributed by atoms with E-state index in [1.54, 1.807) is 11.8 Å². The van der Waals surface area contributed by atoms with Crippen molar-refractivity contribution in [3.8, 4) is 6.07 Å². The fraction of sp³-hybridized carbons (Fsp3) is 0.391. The van der Waals surface area contributed by atoms with E-state index in [9.17, 15) is 5.26 Å². The second-order valence-corrected chi connectivity index (χ2v) is 8.99. The summed E-state index contributed by atoms with van der Waals surface area (Å²) < 4.78 is 0.961. The van der Waals surface area contributed by atoms with Crippen LogP contribution in [0.4, 0.5) is 0 Å². The van der Waals surface area contributed by atoms with Crippen LogP contribution in [-0.4, -0.2) is 53.1 Å². The van der Waals surface area contributed by atoms with Gasteiger partial charge in [-0.2, -0.15) is 5.26 Å². The van der Waals surface area contributed by atoms with Gasteiger partial charge in [0.1, 0.15) is 9.74 Å². The molecule has 5 heteroatoms. The Labute approximate surface area is 178 Å². The fourth-order valence-corrected chi connectivity index (χ4v) is 5.08. The van der Waals surface area contributed by atoms with E-state index in [1.807, 2.05) is 36.4 Å². The minimum Gasteiger partial charge on any atom is -0.356 e. The highest BCUT2D eigenvalue weighted by Crippen LogP contribution is 2.36. The van der Waals surface area contributed by atoms with E-state index in [-0.39, 0.29) is 0 Å². The molecule has 1 saturated heterocycles. The van der Waals surface area contributed by atoms with Crippen molar-refractivity contribution in [2.24, 2.45) is 0 Å². The first-order valence-electron chi connectivity index (χ1n) is 9.78. The van der Waals surface area contributed by atoms with Crippen molar-refractivity contribution in [2.45, 2.75) is 18.3 Å². The Morgan fingerprint density at radius 3 is 2.18 bits per heavy atom. The number of nitrogens with zero attached hydrogens (tertiary/aromatic N) is 3. The molecule has 1 aliphatic heterocycles. The van der Waals surface area contributed by atoms with Crippen LogP contribution >= 0.6 is 24.0 Å². The number of thioether (sulfide) groups is 1. The summed E-state index contributed by atoms with van der Waals surface area (Å²) >= 11 is 7.43. The molecule has 0 spiro atoms. The molecule has 146 valence electrons. The van der Waals surface area contributed by atoms with Gasteiger partial charge >= 0.3 is 0 Å². The Balaban J connectivity index is 1.72. The topological polar surface area (TPSA) is 30.3 Å². The summed E-state index contributed by atoms with van der Waals surface area (Å²) in [6, 6.07) is 22.9. The van der Waals surface area contributed by atoms with Gasteiger partial charge in [-0.25, -0.2) is 0 Å². The predicted molar refractivity (Wildman–Crippen MR) is 123 cm³/mol. The minimum atomic E-state index is -0.649. The third-order valence-electron chi connectivity index (χ3n) is 5.40. The van der Waals surface area contributed by atoms with Gasteiger partial charge in [-0.15, -0.1) is 0 Å². The normalized spacial score (nSPS) is 15.6. The van der Waals surface area contributed by atoms with Gasteiger partial charge in [-0.1, -0.05) is 84.6 Å². The average Bonchev–Trinajstić information content (AvgIpc) is 2.97. The molecule has 2 aromatic rings. The Kier molecular flexibility index (Phi) is 7.50. The number of rotatable bonds is 5. The monoisotopic (exact) mass is 409 g/mol. The molecule has 0 atom stereocenters. The summed E-state index contributed by atoms with van der Waals surface area (Å²) in [5, 5.41) is 10.3. The van der Waals surface area contributed by atoms with Gasteiger partial charge in [0, 0.05) is 25.4 Å². The van der Waals surface area contributed by atoms with Gasteiger partial charge in [-0.05, 0) is 37.6 Å². The lowest BCUT2D eigenvalue weighted by Crippen LogP contribution is -2.32. The summed E-state index contributed by atoms with van der Waals surface area (Å²) in [5.74, 6) is 0.822. The summed E-state index contributed by atoms with van der Waals surface area (Å²) in [4.78, 5) is 4.68. The Hall–Kier alpha value is -1.87. The number of hydrogen-bond donors (Lipinski definition) is 0. The molecule has 0 bridgehead atoms. The molecule has 2 aromatic carbocycles. The van der Waals surface area contributed by atoms with Crippen LogP contribution in [0, 0.1) is 11.3 Å². The number of benzene rings is 2. The average molecular weight is 410 g/mol. The van der Waals surface area contributed by atoms with Crippen molar-refractivity contribution >= 4 is 28.3 Å². The number of nitriles is 1. The zero-order valence-corrected chi connectivity index (χ0v) is 18.0. The molecular weight excluding hydrogens is 382 g/mol. The van der Waals surface area contributed by atoms with E-state index in [0.29, 0.717) is 0 Å². The van der Waals surface area contributed by atoms with Crippen molar-refractivity contribution in [1.82, 2.24) is 9.80 Å². The molecule has 0 radical (unpaired) electrons. The van der Waals surface area contributed by atoms with Crippen molar-refractivity contribution in [3.63, 3.8) is 0 Å². The maximum Gasteiger partial charge on any atom is 0.136 e. The SMILES string of the molecule is CN1CCCN(C(=S)SCCC(C#N)(c2ccccc2)c2ccccc2)CC1. The van der Waals surface area contributed by atoms with E-state index in [4.69, 9.17) is 12.2 Å². The standard InChI is InChI=1S/C23H27N3S2/c1-25-14-8-15-26(17-16-25)22(27)28-18-13-23(19-24,20-9-4-2-5-10-20)21-11-6-3-7-12-21/h2-7,9-12H,8,13-18H2,1H3. The first-order valence-corrected chi connectivity index (χ1v) is 11.2. The lowest BCUT2D eigenvalue weighted by Gasteiger charge is -2.29. The van der Waals surface area contributed by atoms with Crippen LogP contribution in [0.2, 0.25) is 0 Å². The van der Waals surface area contributed by atoms with E-state index >= 15 is 0 Å². The molecule has 0 saturated carbocycles. The van der Waals surface area contributed by atoms with Gasteiger partial charge in [0.25, 0.3) is 0 Å². The molecule has 0 aromatic heterocycles. The lowest BCUT2D eigenvalue weighted by atomic mass is 9.74. The minimum absolute atomic E-state index is 0.649. The van der Waals surface area contributed by atoms with Crippen molar-refractivity contribution < 1.29 is 0 Å². The van der Waals surface area contributed by atoms with E-state index in [0.717, 1.165) is 60.2 Å². The maximum absolute atomic E-state index is 10.3. The molecule has 0 amide bonds. The highest BCUT2D eigenvalue weighted by Gasteiger charge is 2.34. The zero-order valence-electron chi connectivity index (χ0n) is 16.4. The molecule has 1 heterocycles. The maximum atomic E-state index is 10.3. The molecule has 1 aliphatic rings. The van der Waals surface area contributed by atoms with Gasteiger partial charge in [0.05, 0.1) is 6.07 Å². The fourth-order valence-electron chi connectivity index (χ4n) is 3.70. The van der Waals surface area contributed by atoms with Gasteiger partial charge in [-0.3, -0.25) is 0 Å².